The fraction of sp³-hybridized carbons (Fsp3) is 0.833. The highest BCUT2D eigenvalue weighted by Gasteiger charge is 2.57. The molecule has 0 aromatic heterocycles. The lowest BCUT2D eigenvalue weighted by atomic mass is 10.3. The van der Waals surface area contributed by atoms with Gasteiger partial charge in [-0.2, -0.15) is 0 Å². The molecule has 1 saturated heterocycles. The molecule has 0 radical (unpaired) electrons. The van der Waals surface area contributed by atoms with Gasteiger partial charge in [0, 0.05) is 0 Å². The topological polar surface area (TPSA) is 49.3 Å². The highest BCUT2D eigenvalue weighted by atomic mass is 16.4. The van der Waals surface area contributed by atoms with Crippen LogP contribution in [0.15, 0.2) is 0 Å². The van der Waals surface area contributed by atoms with E-state index >= 15 is 0 Å². The van der Waals surface area contributed by atoms with Crippen molar-refractivity contribution in [1.82, 2.24) is 5.32 Å². The van der Waals surface area contributed by atoms with Crippen molar-refractivity contribution < 1.29 is 9.90 Å². The van der Waals surface area contributed by atoms with Crippen molar-refractivity contribution in [3.63, 3.8) is 0 Å². The van der Waals surface area contributed by atoms with E-state index in [1.54, 1.807) is 0 Å². The first-order valence-corrected chi connectivity index (χ1v) is 3.24. The monoisotopic (exact) mass is 127 g/mol. The third kappa shape index (κ3) is 0.580. The molecule has 3 atom stereocenters. The van der Waals surface area contributed by atoms with E-state index in [9.17, 15) is 4.79 Å². The summed E-state index contributed by atoms with van der Waals surface area (Å²) in [7, 11) is 0. The van der Waals surface area contributed by atoms with Gasteiger partial charge in [-0.3, -0.25) is 4.79 Å². The normalized spacial score (nSPS) is 46.4. The van der Waals surface area contributed by atoms with Gasteiger partial charge < -0.3 is 10.4 Å². The SMILES string of the molecule is O=C(O)[C@H]1C2CNC[C@@H]21. The van der Waals surface area contributed by atoms with Crippen molar-refractivity contribution in [2.24, 2.45) is 17.8 Å². The second-order valence-corrected chi connectivity index (χ2v) is 2.85. The van der Waals surface area contributed by atoms with Crippen molar-refractivity contribution in [3.8, 4) is 0 Å². The second-order valence-electron chi connectivity index (χ2n) is 2.85. The number of aliphatic carboxylic acids is 1. The molecule has 1 aliphatic heterocycles. The molecule has 50 valence electrons. The maximum Gasteiger partial charge on any atom is 0.307 e. The maximum absolute atomic E-state index is 10.3. The Morgan fingerprint density at radius 3 is 2.33 bits per heavy atom. The summed E-state index contributed by atoms with van der Waals surface area (Å²) >= 11 is 0. The van der Waals surface area contributed by atoms with Crippen LogP contribution in [0.2, 0.25) is 0 Å². The van der Waals surface area contributed by atoms with Gasteiger partial charge in [0.05, 0.1) is 5.92 Å². The van der Waals surface area contributed by atoms with Crippen LogP contribution in [-0.4, -0.2) is 24.2 Å². The molecule has 0 aromatic carbocycles. The highest BCUT2D eigenvalue weighted by Crippen LogP contribution is 2.48. The molecule has 1 unspecified atom stereocenters. The van der Waals surface area contributed by atoms with E-state index in [1.807, 2.05) is 0 Å². The van der Waals surface area contributed by atoms with Crippen LogP contribution in [0.5, 0.6) is 0 Å². The van der Waals surface area contributed by atoms with Crippen LogP contribution >= 0.6 is 0 Å². The molecule has 0 spiro atoms. The summed E-state index contributed by atoms with van der Waals surface area (Å²) in [4.78, 5) is 10.3. The number of fused-ring (bicyclic) bond motifs is 1. The zero-order valence-electron chi connectivity index (χ0n) is 5.00. The number of rotatable bonds is 1. The second kappa shape index (κ2) is 1.48. The minimum Gasteiger partial charge on any atom is -0.481 e. The Labute approximate surface area is 53.1 Å². The molecule has 0 aromatic rings. The highest BCUT2D eigenvalue weighted by molar-refractivity contribution is 5.74. The number of nitrogens with one attached hydrogen (secondary N) is 1. The number of piperidine rings is 1. The smallest absolute Gasteiger partial charge is 0.307 e. The minimum atomic E-state index is -0.605. The first-order chi connectivity index (χ1) is 4.30. The average Bonchev–Trinajstić information content (AvgIpc) is 2.30. The lowest BCUT2D eigenvalue weighted by Gasteiger charge is -1.96. The lowest BCUT2D eigenvalue weighted by Crippen LogP contribution is -2.18. The fourth-order valence-electron chi connectivity index (χ4n) is 1.78. The Bertz CT molecular complexity index is 147. The third-order valence-corrected chi connectivity index (χ3v) is 2.38. The summed E-state index contributed by atoms with van der Waals surface area (Å²) < 4.78 is 0. The number of carboxylic acid groups (broad SMARTS) is 1. The van der Waals surface area contributed by atoms with E-state index < -0.39 is 5.97 Å². The summed E-state index contributed by atoms with van der Waals surface area (Å²) in [5, 5.41) is 11.7. The molecule has 2 aliphatic rings. The number of carbonyl (C=O) groups is 1. The Balaban J connectivity index is 2.02. The minimum absolute atomic E-state index is 0.00810. The Morgan fingerprint density at radius 2 is 2.00 bits per heavy atom. The predicted octanol–water partition coefficient (Wildman–Crippen LogP) is -0.464. The molecule has 0 amide bonds. The Hall–Kier alpha value is -0.570. The summed E-state index contributed by atoms with van der Waals surface area (Å²) in [6.45, 7) is 1.84. The molecular weight excluding hydrogens is 118 g/mol. The van der Waals surface area contributed by atoms with Crippen molar-refractivity contribution in [2.75, 3.05) is 13.1 Å². The summed E-state index contributed by atoms with van der Waals surface area (Å²) in [6, 6.07) is 0. The molecule has 2 N–H and O–H groups in total. The molecule has 1 aliphatic carbocycles. The molecule has 0 bridgehead atoms. The van der Waals surface area contributed by atoms with Crippen LogP contribution in [0.3, 0.4) is 0 Å². The van der Waals surface area contributed by atoms with Gasteiger partial charge in [0.15, 0.2) is 0 Å². The standard InChI is InChI=1S/C6H9NO2/c8-6(9)5-3-1-7-2-4(3)5/h3-5,7H,1-2H2,(H,8,9)/t3-,4?,5+/m0/s1. The van der Waals surface area contributed by atoms with E-state index in [-0.39, 0.29) is 5.92 Å². The lowest BCUT2D eigenvalue weighted by molar-refractivity contribution is -0.139. The first kappa shape index (κ1) is 5.23. The maximum atomic E-state index is 10.3. The van der Waals surface area contributed by atoms with Crippen LogP contribution in [0.4, 0.5) is 0 Å². The Kier molecular flexibility index (Phi) is 0.858. The third-order valence-electron chi connectivity index (χ3n) is 2.38. The zero-order chi connectivity index (χ0) is 6.43. The molecule has 9 heavy (non-hydrogen) atoms. The van der Waals surface area contributed by atoms with Crippen LogP contribution in [-0.2, 0) is 4.79 Å². The van der Waals surface area contributed by atoms with Crippen molar-refractivity contribution in [2.45, 2.75) is 0 Å². The molecule has 3 heteroatoms. The van der Waals surface area contributed by atoms with Gasteiger partial charge in [0.2, 0.25) is 0 Å². The van der Waals surface area contributed by atoms with Gasteiger partial charge in [-0.15, -0.1) is 0 Å². The quantitative estimate of drug-likeness (QED) is 0.501. The van der Waals surface area contributed by atoms with Crippen LogP contribution in [0.1, 0.15) is 0 Å². The van der Waals surface area contributed by atoms with Crippen molar-refractivity contribution in [3.05, 3.63) is 0 Å². The Morgan fingerprint density at radius 1 is 1.44 bits per heavy atom. The van der Waals surface area contributed by atoms with E-state index in [0.29, 0.717) is 11.8 Å². The summed E-state index contributed by atoms with van der Waals surface area (Å²) in [6.07, 6.45) is 0. The average molecular weight is 127 g/mol. The van der Waals surface area contributed by atoms with Gasteiger partial charge in [0.1, 0.15) is 0 Å². The largest absolute Gasteiger partial charge is 0.481 e. The molecule has 1 heterocycles. The van der Waals surface area contributed by atoms with E-state index in [0.717, 1.165) is 13.1 Å². The molecule has 2 rings (SSSR count). The van der Waals surface area contributed by atoms with Crippen molar-refractivity contribution >= 4 is 5.97 Å². The zero-order valence-corrected chi connectivity index (χ0v) is 5.00. The predicted molar refractivity (Wildman–Crippen MR) is 31.0 cm³/mol. The summed E-state index contributed by atoms with van der Waals surface area (Å²) in [5.74, 6) is 0.308. The number of hydrogen-bond donors (Lipinski definition) is 2. The van der Waals surface area contributed by atoms with Crippen LogP contribution < -0.4 is 5.32 Å². The molecule has 1 saturated carbocycles. The van der Waals surface area contributed by atoms with Gasteiger partial charge in [-0.05, 0) is 24.9 Å². The number of carboxylic acids is 1. The van der Waals surface area contributed by atoms with Crippen LogP contribution in [0.25, 0.3) is 0 Å². The van der Waals surface area contributed by atoms with Gasteiger partial charge in [-0.25, -0.2) is 0 Å². The van der Waals surface area contributed by atoms with E-state index in [4.69, 9.17) is 5.11 Å². The molecule has 2 fully saturated rings. The summed E-state index contributed by atoms with van der Waals surface area (Å²) in [5.41, 5.74) is 0. The van der Waals surface area contributed by atoms with Gasteiger partial charge in [0.25, 0.3) is 0 Å². The van der Waals surface area contributed by atoms with Gasteiger partial charge in [-0.1, -0.05) is 0 Å². The fourth-order valence-corrected chi connectivity index (χ4v) is 1.78. The molecular formula is C6H9NO2. The first-order valence-electron chi connectivity index (χ1n) is 3.24. The van der Waals surface area contributed by atoms with Crippen LogP contribution in [0, 0.1) is 17.8 Å². The molecule has 3 nitrogen and oxygen atoms in total. The van der Waals surface area contributed by atoms with E-state index in [1.165, 1.54) is 0 Å². The number of hydrogen-bond acceptors (Lipinski definition) is 2. The van der Waals surface area contributed by atoms with E-state index in [2.05, 4.69) is 5.32 Å². The van der Waals surface area contributed by atoms with Gasteiger partial charge >= 0.3 is 5.97 Å². The van der Waals surface area contributed by atoms with Crippen molar-refractivity contribution in [1.29, 1.82) is 0 Å².